The molecule has 1 N–H and O–H groups in total. The van der Waals surface area contributed by atoms with E-state index in [2.05, 4.69) is 60.8 Å². The monoisotopic (exact) mass is 361 g/mol. The quantitative estimate of drug-likeness (QED) is 0.448. The summed E-state index contributed by atoms with van der Waals surface area (Å²) in [6, 6.07) is 24.7. The van der Waals surface area contributed by atoms with E-state index >= 15 is 0 Å². The predicted octanol–water partition coefficient (Wildman–Crippen LogP) is 6.35. The highest BCUT2D eigenvalue weighted by atomic mass is 35.5. The third-order valence-electron chi connectivity index (χ3n) is 4.52. The summed E-state index contributed by atoms with van der Waals surface area (Å²) in [4.78, 5) is 0. The largest absolute Gasteiger partial charge is 0.459 e. The Bertz CT molecular complexity index is 1020. The molecule has 0 amide bonds. The number of halogens is 1. The summed E-state index contributed by atoms with van der Waals surface area (Å²) in [5.41, 5.74) is 5.62. The number of furan rings is 1. The lowest BCUT2D eigenvalue weighted by Gasteiger charge is -2.07. The molecule has 130 valence electrons. The molecule has 4 aromatic rings. The van der Waals surface area contributed by atoms with Crippen LogP contribution in [0.4, 0.5) is 0 Å². The minimum atomic E-state index is 0.657. The first-order valence-corrected chi connectivity index (χ1v) is 9.11. The van der Waals surface area contributed by atoms with Gasteiger partial charge in [-0.15, -0.1) is 0 Å². The van der Waals surface area contributed by atoms with Crippen LogP contribution in [-0.2, 0) is 13.1 Å². The summed E-state index contributed by atoms with van der Waals surface area (Å²) in [7, 11) is 0. The van der Waals surface area contributed by atoms with Crippen LogP contribution in [0.25, 0.3) is 22.1 Å². The van der Waals surface area contributed by atoms with Crippen molar-refractivity contribution in [3.05, 3.63) is 94.7 Å². The second kappa shape index (κ2) is 7.36. The lowest BCUT2D eigenvalue weighted by Crippen LogP contribution is -2.12. The van der Waals surface area contributed by atoms with E-state index in [0.717, 1.165) is 39.4 Å². The lowest BCUT2D eigenvalue weighted by atomic mass is 10.0. The number of nitrogens with one attached hydrogen (secondary N) is 1. The minimum Gasteiger partial charge on any atom is -0.459 e. The van der Waals surface area contributed by atoms with E-state index in [4.69, 9.17) is 16.0 Å². The van der Waals surface area contributed by atoms with Crippen LogP contribution in [0.1, 0.15) is 16.9 Å². The molecular formula is C23H20ClNO. The van der Waals surface area contributed by atoms with Crippen LogP contribution < -0.4 is 5.32 Å². The van der Waals surface area contributed by atoms with E-state index in [1.165, 1.54) is 11.1 Å². The van der Waals surface area contributed by atoms with Gasteiger partial charge >= 0.3 is 0 Å². The fourth-order valence-corrected chi connectivity index (χ4v) is 3.37. The van der Waals surface area contributed by atoms with Gasteiger partial charge in [0.25, 0.3) is 0 Å². The van der Waals surface area contributed by atoms with Crippen molar-refractivity contribution in [2.75, 3.05) is 0 Å². The zero-order chi connectivity index (χ0) is 17.9. The third-order valence-corrected chi connectivity index (χ3v) is 4.76. The summed E-state index contributed by atoms with van der Waals surface area (Å²) in [5.74, 6) is 0.932. The summed E-state index contributed by atoms with van der Waals surface area (Å²) < 4.78 is 6.16. The number of hydrogen-bond donors (Lipinski definition) is 1. The molecule has 3 heteroatoms. The Balaban J connectivity index is 1.69. The Hall–Kier alpha value is -2.55. The summed E-state index contributed by atoms with van der Waals surface area (Å²) >= 11 is 6.24. The highest BCUT2D eigenvalue weighted by Crippen LogP contribution is 2.36. The topological polar surface area (TPSA) is 25.2 Å². The Kier molecular flexibility index (Phi) is 4.79. The number of aryl methyl sites for hydroxylation is 1. The molecule has 0 radical (unpaired) electrons. The summed E-state index contributed by atoms with van der Waals surface area (Å²) in [5, 5.41) is 5.26. The molecule has 4 rings (SSSR count). The molecule has 0 saturated carbocycles. The van der Waals surface area contributed by atoms with Crippen molar-refractivity contribution in [3.63, 3.8) is 0 Å². The molecule has 1 heterocycles. The highest BCUT2D eigenvalue weighted by molar-refractivity contribution is 6.31. The van der Waals surface area contributed by atoms with Gasteiger partial charge in [0.05, 0.1) is 6.54 Å². The average molecular weight is 362 g/mol. The zero-order valence-corrected chi connectivity index (χ0v) is 15.4. The average Bonchev–Trinajstić information content (AvgIpc) is 3.01. The molecule has 0 atom stereocenters. The number of fused-ring (bicyclic) bond motifs is 1. The molecule has 3 aromatic carbocycles. The minimum absolute atomic E-state index is 0.657. The molecule has 0 saturated heterocycles. The Morgan fingerprint density at radius 1 is 0.885 bits per heavy atom. The number of hydrogen-bond acceptors (Lipinski definition) is 2. The summed E-state index contributed by atoms with van der Waals surface area (Å²) in [6.07, 6.45) is 0. The zero-order valence-electron chi connectivity index (χ0n) is 14.6. The van der Waals surface area contributed by atoms with Crippen molar-refractivity contribution >= 4 is 22.6 Å². The summed E-state index contributed by atoms with van der Waals surface area (Å²) in [6.45, 7) is 3.55. The van der Waals surface area contributed by atoms with Crippen LogP contribution in [0.15, 0.2) is 77.2 Å². The van der Waals surface area contributed by atoms with Gasteiger partial charge in [-0.1, -0.05) is 71.8 Å². The van der Waals surface area contributed by atoms with E-state index in [1.807, 2.05) is 24.3 Å². The smallest absolute Gasteiger partial charge is 0.135 e. The van der Waals surface area contributed by atoms with Crippen LogP contribution >= 0.6 is 11.6 Å². The van der Waals surface area contributed by atoms with E-state index in [-0.39, 0.29) is 0 Å². The highest BCUT2D eigenvalue weighted by Gasteiger charge is 2.16. The second-order valence-corrected chi connectivity index (χ2v) is 6.93. The molecule has 0 aliphatic rings. The molecule has 0 unspecified atom stereocenters. The molecule has 0 aliphatic carbocycles. The van der Waals surface area contributed by atoms with Gasteiger partial charge in [-0.25, -0.2) is 0 Å². The maximum atomic E-state index is 6.24. The van der Waals surface area contributed by atoms with Crippen LogP contribution in [-0.4, -0.2) is 0 Å². The normalized spacial score (nSPS) is 11.2. The SMILES string of the molecule is Cc1ccc(-c2c(CNCc3ccccc3)oc3ccc(Cl)cc23)cc1. The molecule has 26 heavy (non-hydrogen) atoms. The van der Waals surface area contributed by atoms with Gasteiger partial charge in [0, 0.05) is 22.5 Å². The first-order chi connectivity index (χ1) is 12.7. The molecule has 2 nitrogen and oxygen atoms in total. The van der Waals surface area contributed by atoms with Gasteiger partial charge < -0.3 is 9.73 Å². The molecule has 0 aliphatic heterocycles. The van der Waals surface area contributed by atoms with Crippen LogP contribution in [0, 0.1) is 6.92 Å². The second-order valence-electron chi connectivity index (χ2n) is 6.50. The van der Waals surface area contributed by atoms with Gasteiger partial charge in [-0.05, 0) is 36.2 Å². The van der Waals surface area contributed by atoms with Gasteiger partial charge in [0.15, 0.2) is 0 Å². The first-order valence-electron chi connectivity index (χ1n) is 8.73. The van der Waals surface area contributed by atoms with E-state index in [1.54, 1.807) is 0 Å². The van der Waals surface area contributed by atoms with Crippen LogP contribution in [0.5, 0.6) is 0 Å². The van der Waals surface area contributed by atoms with Crippen molar-refractivity contribution in [2.45, 2.75) is 20.0 Å². The standard InChI is InChI=1S/C23H20ClNO/c1-16-7-9-18(10-8-16)23-20-13-19(24)11-12-21(20)26-22(23)15-25-14-17-5-3-2-4-6-17/h2-13,25H,14-15H2,1H3. The van der Waals surface area contributed by atoms with Crippen molar-refractivity contribution in [1.82, 2.24) is 5.32 Å². The predicted molar refractivity (Wildman–Crippen MR) is 108 cm³/mol. The lowest BCUT2D eigenvalue weighted by molar-refractivity contribution is 0.515. The molecule has 0 spiro atoms. The number of benzene rings is 3. The number of rotatable bonds is 5. The van der Waals surface area contributed by atoms with Gasteiger partial charge in [-0.3, -0.25) is 0 Å². The van der Waals surface area contributed by atoms with Crippen LogP contribution in [0.3, 0.4) is 0 Å². The molecule has 1 aromatic heterocycles. The molecular weight excluding hydrogens is 342 g/mol. The van der Waals surface area contributed by atoms with Crippen molar-refractivity contribution in [3.8, 4) is 11.1 Å². The Morgan fingerprint density at radius 3 is 2.42 bits per heavy atom. The van der Waals surface area contributed by atoms with E-state index < -0.39 is 0 Å². The molecule has 0 bridgehead atoms. The maximum Gasteiger partial charge on any atom is 0.135 e. The fraction of sp³-hybridized carbons (Fsp3) is 0.130. The third kappa shape index (κ3) is 3.52. The van der Waals surface area contributed by atoms with Crippen molar-refractivity contribution in [1.29, 1.82) is 0 Å². The van der Waals surface area contributed by atoms with E-state index in [0.29, 0.717) is 6.54 Å². The Labute approximate surface area is 158 Å². The molecule has 0 fully saturated rings. The van der Waals surface area contributed by atoms with E-state index in [9.17, 15) is 0 Å². The van der Waals surface area contributed by atoms with Gasteiger partial charge in [0.1, 0.15) is 11.3 Å². The Morgan fingerprint density at radius 2 is 1.65 bits per heavy atom. The fourth-order valence-electron chi connectivity index (χ4n) is 3.20. The first kappa shape index (κ1) is 16.9. The van der Waals surface area contributed by atoms with Gasteiger partial charge in [0.2, 0.25) is 0 Å². The van der Waals surface area contributed by atoms with Crippen molar-refractivity contribution < 1.29 is 4.42 Å². The maximum absolute atomic E-state index is 6.24. The van der Waals surface area contributed by atoms with Gasteiger partial charge in [-0.2, -0.15) is 0 Å². The van der Waals surface area contributed by atoms with Crippen molar-refractivity contribution in [2.24, 2.45) is 0 Å². The van der Waals surface area contributed by atoms with Crippen LogP contribution in [0.2, 0.25) is 5.02 Å².